The van der Waals surface area contributed by atoms with E-state index in [0.29, 0.717) is 18.3 Å². The minimum Gasteiger partial charge on any atom is -0.474 e. The first-order valence-corrected chi connectivity index (χ1v) is 8.33. The molecular formula is C15H21BrN2O2. The van der Waals surface area contributed by atoms with E-state index < -0.39 is 0 Å². The highest BCUT2D eigenvalue weighted by Crippen LogP contribution is 2.22. The molecular weight excluding hydrogens is 320 g/mol. The molecule has 1 aliphatic carbocycles. The van der Waals surface area contributed by atoms with Gasteiger partial charge in [-0.25, -0.2) is 4.98 Å². The summed E-state index contributed by atoms with van der Waals surface area (Å²) in [5.41, 5.74) is 0. The molecule has 1 aromatic heterocycles. The minimum atomic E-state index is 0.165. The molecule has 110 valence electrons. The predicted molar refractivity (Wildman–Crippen MR) is 82.1 cm³/mol. The first kappa shape index (κ1) is 15.3. The number of amides is 1. The van der Waals surface area contributed by atoms with Crippen molar-refractivity contribution in [1.29, 1.82) is 0 Å². The first-order chi connectivity index (χ1) is 9.78. The van der Waals surface area contributed by atoms with Crippen LogP contribution in [0.3, 0.4) is 0 Å². The average molecular weight is 341 g/mol. The molecule has 4 nitrogen and oxygen atoms in total. The number of halogens is 1. The Balaban J connectivity index is 1.68. The highest BCUT2D eigenvalue weighted by molar-refractivity contribution is 9.09. The molecule has 5 heteroatoms. The van der Waals surface area contributed by atoms with E-state index in [1.54, 1.807) is 6.20 Å². The lowest BCUT2D eigenvalue weighted by Gasteiger charge is -2.29. The van der Waals surface area contributed by atoms with Crippen molar-refractivity contribution in [3.05, 3.63) is 24.4 Å². The average Bonchev–Trinajstić information content (AvgIpc) is 2.48. The van der Waals surface area contributed by atoms with Crippen LogP contribution in [0, 0.1) is 0 Å². The van der Waals surface area contributed by atoms with Gasteiger partial charge in [0.25, 0.3) is 0 Å². The van der Waals surface area contributed by atoms with Crippen molar-refractivity contribution in [2.75, 3.05) is 5.33 Å². The lowest BCUT2D eigenvalue weighted by Crippen LogP contribution is -2.39. The zero-order chi connectivity index (χ0) is 14.2. The molecule has 1 saturated carbocycles. The van der Waals surface area contributed by atoms with Crippen molar-refractivity contribution >= 4 is 21.8 Å². The van der Waals surface area contributed by atoms with Crippen LogP contribution in [0.1, 0.15) is 38.5 Å². The summed E-state index contributed by atoms with van der Waals surface area (Å²) in [6.07, 6.45) is 7.38. The number of nitrogens with zero attached hydrogens (tertiary/aromatic N) is 1. The molecule has 2 rings (SSSR count). The van der Waals surface area contributed by atoms with Gasteiger partial charge in [0.15, 0.2) is 0 Å². The van der Waals surface area contributed by atoms with Gasteiger partial charge >= 0.3 is 0 Å². The van der Waals surface area contributed by atoms with E-state index in [1.807, 2.05) is 18.2 Å². The maximum Gasteiger partial charge on any atom is 0.220 e. The molecule has 1 N–H and O–H groups in total. The fourth-order valence-corrected chi connectivity index (χ4v) is 2.72. The Morgan fingerprint density at radius 2 is 2.15 bits per heavy atom. The van der Waals surface area contributed by atoms with E-state index in [1.165, 1.54) is 0 Å². The number of hydrogen-bond acceptors (Lipinski definition) is 3. The molecule has 0 saturated heterocycles. The van der Waals surface area contributed by atoms with Gasteiger partial charge in [-0.05, 0) is 38.2 Å². The maximum absolute atomic E-state index is 11.7. The smallest absolute Gasteiger partial charge is 0.220 e. The van der Waals surface area contributed by atoms with Crippen molar-refractivity contribution in [2.45, 2.75) is 50.7 Å². The minimum absolute atomic E-state index is 0.165. The van der Waals surface area contributed by atoms with Gasteiger partial charge in [0.1, 0.15) is 6.10 Å². The van der Waals surface area contributed by atoms with Gasteiger partial charge in [-0.2, -0.15) is 0 Å². The van der Waals surface area contributed by atoms with Gasteiger partial charge in [0, 0.05) is 30.1 Å². The van der Waals surface area contributed by atoms with Crippen LogP contribution < -0.4 is 10.1 Å². The summed E-state index contributed by atoms with van der Waals surface area (Å²) in [6, 6.07) is 6.00. The van der Waals surface area contributed by atoms with Crippen LogP contribution >= 0.6 is 15.9 Å². The van der Waals surface area contributed by atoms with Crippen LogP contribution in [-0.4, -0.2) is 28.4 Å². The SMILES string of the molecule is O=C(CCCBr)NC1CCC(Oc2ccccn2)CC1. The summed E-state index contributed by atoms with van der Waals surface area (Å²) < 4.78 is 5.84. The van der Waals surface area contributed by atoms with E-state index in [9.17, 15) is 4.79 Å². The molecule has 0 unspecified atom stereocenters. The number of carbonyl (C=O) groups is 1. The topological polar surface area (TPSA) is 51.2 Å². The molecule has 0 radical (unpaired) electrons. The number of nitrogens with one attached hydrogen (secondary N) is 1. The van der Waals surface area contributed by atoms with Crippen LogP contribution in [0.2, 0.25) is 0 Å². The van der Waals surface area contributed by atoms with Gasteiger partial charge in [-0.15, -0.1) is 0 Å². The Bertz CT molecular complexity index is 406. The molecule has 0 atom stereocenters. The molecule has 1 aliphatic rings. The fraction of sp³-hybridized carbons (Fsp3) is 0.600. The van der Waals surface area contributed by atoms with Gasteiger partial charge in [-0.3, -0.25) is 4.79 Å². The Labute approximate surface area is 128 Å². The normalized spacial score (nSPS) is 22.2. The third-order valence-corrected chi connectivity index (χ3v) is 4.06. The van der Waals surface area contributed by atoms with E-state index in [0.717, 1.165) is 37.4 Å². The molecule has 1 aromatic rings. The molecule has 1 fully saturated rings. The number of ether oxygens (including phenoxy) is 1. The van der Waals surface area contributed by atoms with Crippen molar-refractivity contribution in [3.63, 3.8) is 0 Å². The number of carbonyl (C=O) groups excluding carboxylic acids is 1. The van der Waals surface area contributed by atoms with Gasteiger partial charge in [0.2, 0.25) is 11.8 Å². The maximum atomic E-state index is 11.7. The first-order valence-electron chi connectivity index (χ1n) is 7.21. The molecule has 0 aromatic carbocycles. The molecule has 0 bridgehead atoms. The molecule has 1 heterocycles. The quantitative estimate of drug-likeness (QED) is 0.809. The second kappa shape index (κ2) is 8.25. The van der Waals surface area contributed by atoms with Crippen molar-refractivity contribution in [3.8, 4) is 5.88 Å². The predicted octanol–water partition coefficient (Wildman–Crippen LogP) is 3.06. The summed E-state index contributed by atoms with van der Waals surface area (Å²) in [5, 5.41) is 3.99. The van der Waals surface area contributed by atoms with Gasteiger partial charge in [0.05, 0.1) is 0 Å². The Morgan fingerprint density at radius 1 is 1.35 bits per heavy atom. The van der Waals surface area contributed by atoms with Crippen molar-refractivity contribution < 1.29 is 9.53 Å². The standard InChI is InChI=1S/C15H21BrN2O2/c16-10-3-4-14(19)18-12-6-8-13(9-7-12)20-15-5-1-2-11-17-15/h1-2,5,11-13H,3-4,6-10H2,(H,18,19). The number of hydrogen-bond donors (Lipinski definition) is 1. The summed E-state index contributed by atoms with van der Waals surface area (Å²) in [7, 11) is 0. The second-order valence-corrected chi connectivity index (χ2v) is 5.91. The lowest BCUT2D eigenvalue weighted by atomic mass is 9.93. The Hall–Kier alpha value is -1.10. The second-order valence-electron chi connectivity index (χ2n) is 5.12. The highest BCUT2D eigenvalue weighted by Gasteiger charge is 2.23. The summed E-state index contributed by atoms with van der Waals surface area (Å²) in [4.78, 5) is 15.8. The fourth-order valence-electron chi connectivity index (χ4n) is 2.44. The molecule has 0 spiro atoms. The summed E-state index contributed by atoms with van der Waals surface area (Å²) in [5.74, 6) is 0.857. The number of rotatable bonds is 6. The summed E-state index contributed by atoms with van der Waals surface area (Å²) >= 11 is 3.34. The van der Waals surface area contributed by atoms with Gasteiger partial charge < -0.3 is 10.1 Å². The third-order valence-electron chi connectivity index (χ3n) is 3.50. The number of pyridine rings is 1. The van der Waals surface area contributed by atoms with E-state index in [4.69, 9.17) is 4.74 Å². The zero-order valence-electron chi connectivity index (χ0n) is 11.6. The van der Waals surface area contributed by atoms with Gasteiger partial charge in [-0.1, -0.05) is 22.0 Å². The van der Waals surface area contributed by atoms with Crippen molar-refractivity contribution in [1.82, 2.24) is 10.3 Å². The van der Waals surface area contributed by atoms with Crippen LogP contribution in [-0.2, 0) is 4.79 Å². The van der Waals surface area contributed by atoms with Crippen LogP contribution in [0.15, 0.2) is 24.4 Å². The van der Waals surface area contributed by atoms with Crippen LogP contribution in [0.25, 0.3) is 0 Å². The van der Waals surface area contributed by atoms with Crippen LogP contribution in [0.4, 0.5) is 0 Å². The van der Waals surface area contributed by atoms with Crippen LogP contribution in [0.5, 0.6) is 5.88 Å². The monoisotopic (exact) mass is 340 g/mol. The van der Waals surface area contributed by atoms with E-state index in [2.05, 4.69) is 26.2 Å². The van der Waals surface area contributed by atoms with Crippen molar-refractivity contribution in [2.24, 2.45) is 0 Å². The Morgan fingerprint density at radius 3 is 2.80 bits per heavy atom. The lowest BCUT2D eigenvalue weighted by molar-refractivity contribution is -0.122. The zero-order valence-corrected chi connectivity index (χ0v) is 13.1. The summed E-state index contributed by atoms with van der Waals surface area (Å²) in [6.45, 7) is 0. The molecule has 0 aliphatic heterocycles. The number of alkyl halides is 1. The molecule has 20 heavy (non-hydrogen) atoms. The largest absolute Gasteiger partial charge is 0.474 e. The van der Waals surface area contributed by atoms with E-state index in [-0.39, 0.29) is 12.0 Å². The molecule has 1 amide bonds. The third kappa shape index (κ3) is 5.12. The number of aromatic nitrogens is 1. The highest BCUT2D eigenvalue weighted by atomic mass is 79.9. The van der Waals surface area contributed by atoms with E-state index >= 15 is 0 Å². The Kier molecular flexibility index (Phi) is 6.30.